The van der Waals surface area contributed by atoms with Crippen molar-refractivity contribution in [3.63, 3.8) is 0 Å². The van der Waals surface area contributed by atoms with Crippen molar-refractivity contribution >= 4 is 0 Å². The van der Waals surface area contributed by atoms with Crippen LogP contribution in [0.2, 0.25) is 0 Å². The highest BCUT2D eigenvalue weighted by Crippen LogP contribution is 2.30. The summed E-state index contributed by atoms with van der Waals surface area (Å²) >= 11 is 0. The molecule has 0 saturated heterocycles. The van der Waals surface area contributed by atoms with Crippen molar-refractivity contribution in [2.75, 3.05) is 0 Å². The van der Waals surface area contributed by atoms with Crippen molar-refractivity contribution in [3.05, 3.63) is 34.9 Å². The maximum Gasteiger partial charge on any atom is 0.0594 e. The number of aliphatic hydroxyl groups is 1. The first-order chi connectivity index (χ1) is 10.4. The summed E-state index contributed by atoms with van der Waals surface area (Å²) in [5.41, 5.74) is 4.24. The predicted octanol–water partition coefficient (Wildman–Crippen LogP) is 5.85. The van der Waals surface area contributed by atoms with E-state index in [1.807, 2.05) is 0 Å². The van der Waals surface area contributed by atoms with E-state index in [0.29, 0.717) is 0 Å². The van der Waals surface area contributed by atoms with Crippen LogP contribution in [0.15, 0.2) is 18.2 Å². The van der Waals surface area contributed by atoms with Gasteiger partial charge in [0.2, 0.25) is 0 Å². The van der Waals surface area contributed by atoms with Gasteiger partial charge in [-0.15, -0.1) is 0 Å². The first-order valence-electron chi connectivity index (χ1n) is 9.17. The molecule has 1 N–H and O–H groups in total. The average Bonchev–Trinajstić information content (AvgIpc) is 2.46. The van der Waals surface area contributed by atoms with Crippen molar-refractivity contribution in [1.82, 2.24) is 0 Å². The van der Waals surface area contributed by atoms with Crippen molar-refractivity contribution in [2.24, 2.45) is 5.41 Å². The van der Waals surface area contributed by atoms with Gasteiger partial charge in [-0.3, -0.25) is 0 Å². The number of benzene rings is 1. The summed E-state index contributed by atoms with van der Waals surface area (Å²) in [5, 5.41) is 10.6. The number of rotatable bonds is 10. The van der Waals surface area contributed by atoms with Crippen LogP contribution >= 0.6 is 0 Å². The van der Waals surface area contributed by atoms with Crippen LogP contribution in [-0.2, 0) is 12.8 Å². The van der Waals surface area contributed by atoms with Crippen LogP contribution in [0.4, 0.5) is 0 Å². The fourth-order valence-electron chi connectivity index (χ4n) is 3.16. The first kappa shape index (κ1) is 19.2. The van der Waals surface area contributed by atoms with Crippen molar-refractivity contribution in [1.29, 1.82) is 0 Å². The van der Waals surface area contributed by atoms with Crippen molar-refractivity contribution < 1.29 is 5.11 Å². The van der Waals surface area contributed by atoms with E-state index in [1.54, 1.807) is 0 Å². The summed E-state index contributed by atoms with van der Waals surface area (Å²) in [7, 11) is 0. The second-order valence-corrected chi connectivity index (χ2v) is 7.51. The highest BCUT2D eigenvalue weighted by Gasteiger charge is 2.26. The van der Waals surface area contributed by atoms with E-state index in [4.69, 9.17) is 0 Å². The maximum atomic E-state index is 10.6. The number of hydrogen-bond acceptors (Lipinski definition) is 1. The normalized spacial score (nSPS) is 13.4. The van der Waals surface area contributed by atoms with E-state index < -0.39 is 0 Å². The fourth-order valence-corrected chi connectivity index (χ4v) is 3.16. The van der Waals surface area contributed by atoms with Crippen LogP contribution in [0.3, 0.4) is 0 Å². The van der Waals surface area contributed by atoms with E-state index in [9.17, 15) is 5.11 Å². The third kappa shape index (κ3) is 6.12. The summed E-state index contributed by atoms with van der Waals surface area (Å²) in [6.07, 6.45) is 8.87. The Labute approximate surface area is 138 Å². The topological polar surface area (TPSA) is 20.2 Å². The standard InChI is InChI=1S/C21H36O/c1-6-8-9-15-21(4,5)20(22)14-13-19-12-11-18(10-7-2)16-17(19)3/h11-12,16,20,22H,6-10,13-15H2,1-5H3. The molecule has 126 valence electrons. The summed E-state index contributed by atoms with van der Waals surface area (Å²) < 4.78 is 0. The minimum absolute atomic E-state index is 0.0330. The van der Waals surface area contributed by atoms with Crippen LogP contribution in [0.25, 0.3) is 0 Å². The number of hydrogen-bond donors (Lipinski definition) is 1. The molecule has 1 aromatic rings. The summed E-state index contributed by atoms with van der Waals surface area (Å²) in [6.45, 7) is 11.1. The third-order valence-electron chi connectivity index (χ3n) is 4.96. The monoisotopic (exact) mass is 304 g/mol. The SMILES string of the molecule is CCCCCC(C)(C)C(O)CCc1ccc(CCC)cc1C. The maximum absolute atomic E-state index is 10.6. The van der Waals surface area contributed by atoms with Gasteiger partial charge in [0.25, 0.3) is 0 Å². The lowest BCUT2D eigenvalue weighted by atomic mass is 9.79. The van der Waals surface area contributed by atoms with Gasteiger partial charge in [0.15, 0.2) is 0 Å². The smallest absolute Gasteiger partial charge is 0.0594 e. The number of aryl methyl sites for hydroxylation is 3. The van der Waals surface area contributed by atoms with Crippen molar-refractivity contribution in [3.8, 4) is 0 Å². The van der Waals surface area contributed by atoms with Gasteiger partial charge in [0.1, 0.15) is 0 Å². The predicted molar refractivity (Wildman–Crippen MR) is 97.4 cm³/mol. The van der Waals surface area contributed by atoms with Crippen LogP contribution in [0.1, 0.15) is 82.9 Å². The molecule has 0 spiro atoms. The molecule has 1 unspecified atom stereocenters. The molecule has 0 aromatic heterocycles. The second kappa shape index (κ2) is 9.35. The largest absolute Gasteiger partial charge is 0.393 e. The van der Waals surface area contributed by atoms with Crippen LogP contribution < -0.4 is 0 Å². The highest BCUT2D eigenvalue weighted by atomic mass is 16.3. The molecule has 1 rings (SSSR count). The molecule has 0 aliphatic carbocycles. The van der Waals surface area contributed by atoms with Gasteiger partial charge in [-0.05, 0) is 54.7 Å². The lowest BCUT2D eigenvalue weighted by Crippen LogP contribution is -2.29. The molecule has 0 fully saturated rings. The molecular weight excluding hydrogens is 268 g/mol. The quantitative estimate of drug-likeness (QED) is 0.538. The lowest BCUT2D eigenvalue weighted by Gasteiger charge is -2.31. The molecule has 0 aliphatic rings. The number of unbranched alkanes of at least 4 members (excludes halogenated alkanes) is 2. The van der Waals surface area contributed by atoms with E-state index in [1.165, 1.54) is 42.4 Å². The van der Waals surface area contributed by atoms with E-state index >= 15 is 0 Å². The van der Waals surface area contributed by atoms with E-state index in [-0.39, 0.29) is 11.5 Å². The van der Waals surface area contributed by atoms with Crippen LogP contribution in [0, 0.1) is 12.3 Å². The van der Waals surface area contributed by atoms with Crippen molar-refractivity contribution in [2.45, 2.75) is 92.1 Å². The van der Waals surface area contributed by atoms with Gasteiger partial charge < -0.3 is 5.11 Å². The Kier molecular flexibility index (Phi) is 8.17. The second-order valence-electron chi connectivity index (χ2n) is 7.51. The lowest BCUT2D eigenvalue weighted by molar-refractivity contribution is 0.0357. The fraction of sp³-hybridized carbons (Fsp3) is 0.714. The molecule has 0 amide bonds. The van der Waals surface area contributed by atoms with E-state index in [2.05, 4.69) is 52.8 Å². The molecule has 0 aliphatic heterocycles. The van der Waals surface area contributed by atoms with E-state index in [0.717, 1.165) is 25.7 Å². The highest BCUT2D eigenvalue weighted by molar-refractivity contribution is 5.31. The Hall–Kier alpha value is -0.820. The molecule has 0 heterocycles. The Balaban J connectivity index is 2.54. The Morgan fingerprint density at radius 3 is 2.36 bits per heavy atom. The van der Waals surface area contributed by atoms with Gasteiger partial charge in [-0.25, -0.2) is 0 Å². The van der Waals surface area contributed by atoms with Crippen LogP contribution in [0.5, 0.6) is 0 Å². The van der Waals surface area contributed by atoms with Gasteiger partial charge in [-0.1, -0.05) is 71.6 Å². The number of aliphatic hydroxyl groups excluding tert-OH is 1. The van der Waals surface area contributed by atoms with Gasteiger partial charge in [-0.2, -0.15) is 0 Å². The summed E-state index contributed by atoms with van der Waals surface area (Å²) in [5.74, 6) is 0. The molecule has 1 nitrogen and oxygen atoms in total. The molecule has 0 saturated carbocycles. The van der Waals surface area contributed by atoms with Gasteiger partial charge in [0.05, 0.1) is 6.10 Å². The van der Waals surface area contributed by atoms with Gasteiger partial charge in [0, 0.05) is 0 Å². The molecule has 1 heteroatoms. The third-order valence-corrected chi connectivity index (χ3v) is 4.96. The molecule has 1 aromatic carbocycles. The Morgan fingerprint density at radius 1 is 1.05 bits per heavy atom. The molecular formula is C21H36O. The Bertz CT molecular complexity index is 434. The minimum Gasteiger partial charge on any atom is -0.393 e. The molecule has 1 atom stereocenters. The summed E-state index contributed by atoms with van der Waals surface area (Å²) in [6, 6.07) is 6.83. The molecule has 0 radical (unpaired) electrons. The van der Waals surface area contributed by atoms with Crippen LogP contribution in [-0.4, -0.2) is 11.2 Å². The molecule has 0 bridgehead atoms. The van der Waals surface area contributed by atoms with Gasteiger partial charge >= 0.3 is 0 Å². The zero-order chi connectivity index (χ0) is 16.6. The Morgan fingerprint density at radius 2 is 1.77 bits per heavy atom. The zero-order valence-electron chi connectivity index (χ0n) is 15.4. The molecule has 22 heavy (non-hydrogen) atoms. The zero-order valence-corrected chi connectivity index (χ0v) is 15.4. The average molecular weight is 305 g/mol. The minimum atomic E-state index is -0.209. The first-order valence-corrected chi connectivity index (χ1v) is 9.17. The summed E-state index contributed by atoms with van der Waals surface area (Å²) in [4.78, 5) is 0.